The van der Waals surface area contributed by atoms with E-state index >= 15 is 0 Å². The Morgan fingerprint density at radius 3 is 2.93 bits per heavy atom. The minimum absolute atomic E-state index is 0.0514. The number of carbonyl (C=O) groups is 2. The van der Waals surface area contributed by atoms with Gasteiger partial charge in [0.1, 0.15) is 0 Å². The summed E-state index contributed by atoms with van der Waals surface area (Å²) in [7, 11) is 1.63. The molecule has 1 aliphatic heterocycles. The lowest BCUT2D eigenvalue weighted by Crippen LogP contribution is -2.40. The highest BCUT2D eigenvalue weighted by atomic mass is 16.5. The maximum absolute atomic E-state index is 11.7. The van der Waals surface area contributed by atoms with Crippen molar-refractivity contribution in [3.63, 3.8) is 0 Å². The Morgan fingerprint density at radius 1 is 1.67 bits per heavy atom. The van der Waals surface area contributed by atoms with E-state index < -0.39 is 5.41 Å². The fraction of sp³-hybridized carbons (Fsp3) is 0.800. The molecule has 0 aromatic rings. The van der Waals surface area contributed by atoms with Gasteiger partial charge >= 0.3 is 0 Å². The third kappa shape index (κ3) is 3.20. The smallest absolute Gasteiger partial charge is 0.228 e. The van der Waals surface area contributed by atoms with Crippen molar-refractivity contribution in [2.75, 3.05) is 26.8 Å². The molecule has 0 bridgehead atoms. The number of nitrogens with one attached hydrogen (secondary N) is 2. The van der Waals surface area contributed by atoms with Crippen LogP contribution in [0.1, 0.15) is 19.8 Å². The largest absolute Gasteiger partial charge is 0.385 e. The van der Waals surface area contributed by atoms with E-state index in [4.69, 9.17) is 4.74 Å². The van der Waals surface area contributed by atoms with Crippen LogP contribution in [0, 0.1) is 5.41 Å². The molecule has 0 saturated carbocycles. The quantitative estimate of drug-likeness (QED) is 0.615. The van der Waals surface area contributed by atoms with Gasteiger partial charge in [0, 0.05) is 33.2 Å². The lowest BCUT2D eigenvalue weighted by molar-refractivity contribution is -0.131. The van der Waals surface area contributed by atoms with Crippen molar-refractivity contribution in [1.29, 1.82) is 0 Å². The summed E-state index contributed by atoms with van der Waals surface area (Å²) in [6.45, 7) is 3.46. The van der Waals surface area contributed by atoms with Crippen molar-refractivity contribution in [2.45, 2.75) is 19.8 Å². The van der Waals surface area contributed by atoms with Crippen LogP contribution in [0.5, 0.6) is 0 Å². The van der Waals surface area contributed by atoms with E-state index in [0.29, 0.717) is 19.7 Å². The van der Waals surface area contributed by atoms with Crippen molar-refractivity contribution >= 4 is 11.8 Å². The summed E-state index contributed by atoms with van der Waals surface area (Å²) in [6.07, 6.45) is 1.07. The Hall–Kier alpha value is -1.10. The molecule has 0 radical (unpaired) electrons. The van der Waals surface area contributed by atoms with E-state index in [1.54, 1.807) is 14.0 Å². The van der Waals surface area contributed by atoms with Gasteiger partial charge in [-0.05, 0) is 13.3 Å². The maximum Gasteiger partial charge on any atom is 0.228 e. The standard InChI is InChI=1S/C10H18N2O3/c1-10(6-8(13)12-7-10)9(14)11-4-3-5-15-2/h3-7H2,1-2H3,(H,11,14)(H,12,13). The summed E-state index contributed by atoms with van der Waals surface area (Å²) in [5.74, 6) is -0.110. The van der Waals surface area contributed by atoms with Gasteiger partial charge in [-0.25, -0.2) is 0 Å². The first-order valence-corrected chi connectivity index (χ1v) is 5.12. The van der Waals surface area contributed by atoms with Crippen LogP contribution in [0.2, 0.25) is 0 Å². The molecule has 0 aromatic heterocycles. The van der Waals surface area contributed by atoms with E-state index in [1.165, 1.54) is 0 Å². The Kier molecular flexibility index (Phi) is 4.08. The van der Waals surface area contributed by atoms with Gasteiger partial charge in [0.25, 0.3) is 0 Å². The minimum Gasteiger partial charge on any atom is -0.385 e. The van der Waals surface area contributed by atoms with Crippen LogP contribution in [-0.2, 0) is 14.3 Å². The average molecular weight is 214 g/mol. The molecule has 1 rings (SSSR count). The lowest BCUT2D eigenvalue weighted by Gasteiger charge is -2.20. The zero-order chi connectivity index (χ0) is 11.3. The molecule has 1 fully saturated rings. The molecule has 0 spiro atoms. The Balaban J connectivity index is 2.30. The third-order valence-corrected chi connectivity index (χ3v) is 2.59. The van der Waals surface area contributed by atoms with E-state index in [-0.39, 0.29) is 18.2 Å². The molecule has 1 atom stereocenters. The highest BCUT2D eigenvalue weighted by Gasteiger charge is 2.40. The number of hydrogen-bond acceptors (Lipinski definition) is 3. The number of rotatable bonds is 5. The second kappa shape index (κ2) is 5.11. The SMILES string of the molecule is COCCCNC(=O)C1(C)CNC(=O)C1. The van der Waals surface area contributed by atoms with E-state index in [9.17, 15) is 9.59 Å². The number of methoxy groups -OCH3 is 1. The number of carbonyl (C=O) groups excluding carboxylic acids is 2. The summed E-state index contributed by atoms with van der Waals surface area (Å²) in [5.41, 5.74) is -0.579. The number of amides is 2. The summed E-state index contributed by atoms with van der Waals surface area (Å²) < 4.78 is 4.87. The molecule has 2 N–H and O–H groups in total. The van der Waals surface area contributed by atoms with Crippen LogP contribution in [0.15, 0.2) is 0 Å². The molecule has 0 aliphatic carbocycles. The molecule has 86 valence electrons. The fourth-order valence-corrected chi connectivity index (χ4v) is 1.57. The van der Waals surface area contributed by atoms with Crippen molar-refractivity contribution in [3.8, 4) is 0 Å². The Bertz CT molecular complexity index is 255. The first-order chi connectivity index (χ1) is 7.08. The predicted molar refractivity (Wildman–Crippen MR) is 55.2 cm³/mol. The van der Waals surface area contributed by atoms with Gasteiger partial charge in [-0.2, -0.15) is 0 Å². The first-order valence-electron chi connectivity index (χ1n) is 5.12. The minimum atomic E-state index is -0.579. The second-order valence-corrected chi connectivity index (χ2v) is 4.12. The van der Waals surface area contributed by atoms with Gasteiger partial charge in [0.05, 0.1) is 5.41 Å². The van der Waals surface area contributed by atoms with Crippen molar-refractivity contribution in [3.05, 3.63) is 0 Å². The monoisotopic (exact) mass is 214 g/mol. The lowest BCUT2D eigenvalue weighted by atomic mass is 9.88. The van der Waals surface area contributed by atoms with Gasteiger partial charge in [-0.1, -0.05) is 0 Å². The highest BCUT2D eigenvalue weighted by molar-refractivity contribution is 5.92. The Morgan fingerprint density at radius 2 is 2.40 bits per heavy atom. The number of ether oxygens (including phenoxy) is 1. The molecule has 5 heteroatoms. The molecule has 1 saturated heterocycles. The van der Waals surface area contributed by atoms with Gasteiger partial charge in [0.15, 0.2) is 0 Å². The summed E-state index contributed by atoms with van der Waals surface area (Å²) >= 11 is 0. The molecule has 1 heterocycles. The summed E-state index contributed by atoms with van der Waals surface area (Å²) in [6, 6.07) is 0. The second-order valence-electron chi connectivity index (χ2n) is 4.12. The third-order valence-electron chi connectivity index (χ3n) is 2.59. The molecular weight excluding hydrogens is 196 g/mol. The summed E-state index contributed by atoms with van der Waals surface area (Å²) in [5, 5.41) is 5.48. The van der Waals surface area contributed by atoms with E-state index in [2.05, 4.69) is 10.6 Å². The van der Waals surface area contributed by atoms with E-state index in [0.717, 1.165) is 6.42 Å². The Labute approximate surface area is 89.6 Å². The van der Waals surface area contributed by atoms with Crippen molar-refractivity contribution in [1.82, 2.24) is 10.6 Å². The topological polar surface area (TPSA) is 67.4 Å². The average Bonchev–Trinajstić information content (AvgIpc) is 2.54. The maximum atomic E-state index is 11.7. The number of hydrogen-bond donors (Lipinski definition) is 2. The van der Waals surface area contributed by atoms with Crippen LogP contribution >= 0.6 is 0 Å². The van der Waals surface area contributed by atoms with E-state index in [1.807, 2.05) is 0 Å². The summed E-state index contributed by atoms with van der Waals surface area (Å²) in [4.78, 5) is 22.8. The van der Waals surface area contributed by atoms with Gasteiger partial charge in [-0.3, -0.25) is 9.59 Å². The first kappa shape index (κ1) is 12.0. The highest BCUT2D eigenvalue weighted by Crippen LogP contribution is 2.25. The normalized spacial score (nSPS) is 25.1. The molecule has 0 aromatic carbocycles. The molecular formula is C10H18N2O3. The fourth-order valence-electron chi connectivity index (χ4n) is 1.57. The van der Waals surface area contributed by atoms with Crippen LogP contribution in [0.4, 0.5) is 0 Å². The zero-order valence-electron chi connectivity index (χ0n) is 9.26. The molecule has 1 aliphatic rings. The van der Waals surface area contributed by atoms with Crippen LogP contribution in [0.3, 0.4) is 0 Å². The van der Waals surface area contributed by atoms with Crippen molar-refractivity contribution < 1.29 is 14.3 Å². The molecule has 2 amide bonds. The molecule has 5 nitrogen and oxygen atoms in total. The van der Waals surface area contributed by atoms with Gasteiger partial charge in [0.2, 0.25) is 11.8 Å². The van der Waals surface area contributed by atoms with Crippen LogP contribution in [-0.4, -0.2) is 38.6 Å². The van der Waals surface area contributed by atoms with Gasteiger partial charge < -0.3 is 15.4 Å². The van der Waals surface area contributed by atoms with Crippen LogP contribution < -0.4 is 10.6 Å². The molecule has 1 unspecified atom stereocenters. The predicted octanol–water partition coefficient (Wildman–Crippen LogP) is -0.335. The van der Waals surface area contributed by atoms with Crippen LogP contribution in [0.25, 0.3) is 0 Å². The zero-order valence-corrected chi connectivity index (χ0v) is 9.26. The molecule has 15 heavy (non-hydrogen) atoms. The van der Waals surface area contributed by atoms with Gasteiger partial charge in [-0.15, -0.1) is 0 Å². The van der Waals surface area contributed by atoms with Crippen molar-refractivity contribution in [2.24, 2.45) is 5.41 Å².